The van der Waals surface area contributed by atoms with Gasteiger partial charge in [-0.05, 0) is 26.3 Å². The number of ketones is 1. The van der Waals surface area contributed by atoms with Gasteiger partial charge in [-0.25, -0.2) is 0 Å². The molecule has 0 unspecified atom stereocenters. The summed E-state index contributed by atoms with van der Waals surface area (Å²) in [6.07, 6.45) is 1.06. The van der Waals surface area contributed by atoms with Gasteiger partial charge < -0.3 is 9.84 Å². The third kappa shape index (κ3) is 1.62. The number of aliphatic hydroxyl groups excluding tert-OH is 1. The smallest absolute Gasteiger partial charge is 0.309 e. The van der Waals surface area contributed by atoms with E-state index in [0.29, 0.717) is 6.42 Å². The minimum absolute atomic E-state index is 0.00320. The molecular formula is C15H18O4. The Bertz CT molecular complexity index is 528. The molecule has 1 heterocycles. The molecule has 1 N–H and O–H groups in total. The molecule has 1 saturated heterocycles. The van der Waals surface area contributed by atoms with Crippen molar-refractivity contribution in [2.45, 2.75) is 39.4 Å². The summed E-state index contributed by atoms with van der Waals surface area (Å²) in [5, 5.41) is 10.3. The number of hydrogen-bond donors (Lipinski definition) is 1. The summed E-state index contributed by atoms with van der Waals surface area (Å²) >= 11 is 0. The van der Waals surface area contributed by atoms with Crippen LogP contribution in [0.4, 0.5) is 0 Å². The molecule has 0 amide bonds. The number of esters is 1. The first-order valence-corrected chi connectivity index (χ1v) is 6.72. The Kier molecular flexibility index (Phi) is 2.68. The zero-order chi connectivity index (χ0) is 13.9. The molecule has 0 radical (unpaired) electrons. The van der Waals surface area contributed by atoms with E-state index in [1.165, 1.54) is 0 Å². The van der Waals surface area contributed by atoms with Crippen LogP contribution in [0.1, 0.15) is 27.2 Å². The Morgan fingerprint density at radius 3 is 2.68 bits per heavy atom. The third-order valence-electron chi connectivity index (χ3n) is 4.75. The van der Waals surface area contributed by atoms with Crippen molar-refractivity contribution in [3.05, 3.63) is 22.8 Å². The Labute approximate surface area is 112 Å². The topological polar surface area (TPSA) is 63.6 Å². The molecular weight excluding hydrogens is 244 g/mol. The molecule has 0 bridgehead atoms. The highest BCUT2D eigenvalue weighted by atomic mass is 16.6. The van der Waals surface area contributed by atoms with Crippen LogP contribution in [-0.2, 0) is 14.3 Å². The van der Waals surface area contributed by atoms with Crippen LogP contribution in [0.25, 0.3) is 0 Å². The zero-order valence-electron chi connectivity index (χ0n) is 11.3. The van der Waals surface area contributed by atoms with Gasteiger partial charge in [-0.15, -0.1) is 0 Å². The maximum atomic E-state index is 12.1. The van der Waals surface area contributed by atoms with E-state index in [1.54, 1.807) is 13.0 Å². The van der Waals surface area contributed by atoms with Crippen molar-refractivity contribution in [3.8, 4) is 0 Å². The number of allylic oxidation sites excluding steroid dienone is 1. The fourth-order valence-electron chi connectivity index (χ4n) is 3.82. The van der Waals surface area contributed by atoms with Crippen LogP contribution in [0, 0.1) is 17.8 Å². The second-order valence-corrected chi connectivity index (χ2v) is 5.96. The monoisotopic (exact) mass is 262 g/mol. The third-order valence-corrected chi connectivity index (χ3v) is 4.75. The summed E-state index contributed by atoms with van der Waals surface area (Å²) in [5.41, 5.74) is 2.59. The zero-order valence-corrected chi connectivity index (χ0v) is 11.3. The lowest BCUT2D eigenvalue weighted by molar-refractivity contribution is -0.144. The quantitative estimate of drug-likeness (QED) is 0.670. The summed E-state index contributed by atoms with van der Waals surface area (Å²) in [6, 6.07) is 0. The highest BCUT2D eigenvalue weighted by Gasteiger charge is 2.53. The average molecular weight is 262 g/mol. The lowest BCUT2D eigenvalue weighted by Crippen LogP contribution is -2.35. The number of rotatable bonds is 0. The normalized spacial score (nSPS) is 41.7. The van der Waals surface area contributed by atoms with Gasteiger partial charge in [0.05, 0.1) is 12.0 Å². The maximum absolute atomic E-state index is 12.1. The molecule has 0 aromatic rings. The maximum Gasteiger partial charge on any atom is 0.309 e. The molecule has 3 aliphatic rings. The average Bonchev–Trinajstić information content (AvgIpc) is 2.72. The van der Waals surface area contributed by atoms with E-state index in [9.17, 15) is 14.7 Å². The second-order valence-electron chi connectivity index (χ2n) is 5.96. The summed E-state index contributed by atoms with van der Waals surface area (Å²) < 4.78 is 5.48. The van der Waals surface area contributed by atoms with Crippen molar-refractivity contribution < 1.29 is 19.4 Å². The van der Waals surface area contributed by atoms with Gasteiger partial charge in [0.25, 0.3) is 0 Å². The van der Waals surface area contributed by atoms with Crippen molar-refractivity contribution in [1.29, 1.82) is 0 Å². The minimum Gasteiger partial charge on any atom is -0.461 e. The number of fused-ring (bicyclic) bond motifs is 3. The van der Waals surface area contributed by atoms with E-state index in [0.717, 1.165) is 16.7 Å². The first-order valence-electron chi connectivity index (χ1n) is 6.72. The minimum atomic E-state index is -0.620. The van der Waals surface area contributed by atoms with E-state index >= 15 is 0 Å². The molecule has 4 nitrogen and oxygen atoms in total. The van der Waals surface area contributed by atoms with Crippen molar-refractivity contribution >= 4 is 11.8 Å². The highest BCUT2D eigenvalue weighted by Crippen LogP contribution is 2.47. The van der Waals surface area contributed by atoms with Crippen molar-refractivity contribution in [2.24, 2.45) is 17.8 Å². The Morgan fingerprint density at radius 1 is 1.32 bits per heavy atom. The molecule has 1 fully saturated rings. The summed E-state index contributed by atoms with van der Waals surface area (Å²) in [4.78, 5) is 23.9. The molecule has 19 heavy (non-hydrogen) atoms. The number of aliphatic hydroxyl groups is 1. The summed E-state index contributed by atoms with van der Waals surface area (Å²) in [7, 11) is 0. The lowest BCUT2D eigenvalue weighted by atomic mass is 9.80. The van der Waals surface area contributed by atoms with Gasteiger partial charge in [0.15, 0.2) is 5.78 Å². The van der Waals surface area contributed by atoms with E-state index in [-0.39, 0.29) is 29.5 Å². The van der Waals surface area contributed by atoms with Crippen LogP contribution in [0.3, 0.4) is 0 Å². The van der Waals surface area contributed by atoms with Gasteiger partial charge in [0.2, 0.25) is 0 Å². The van der Waals surface area contributed by atoms with E-state index in [2.05, 4.69) is 0 Å². The number of ether oxygens (including phenoxy) is 1. The van der Waals surface area contributed by atoms with Crippen molar-refractivity contribution in [2.75, 3.05) is 0 Å². The molecule has 3 rings (SSSR count). The predicted octanol–water partition coefficient (Wildman–Crippen LogP) is 1.39. The predicted molar refractivity (Wildman–Crippen MR) is 68.1 cm³/mol. The van der Waals surface area contributed by atoms with Crippen LogP contribution in [-0.4, -0.2) is 29.1 Å². The van der Waals surface area contributed by atoms with E-state index < -0.39 is 12.2 Å². The van der Waals surface area contributed by atoms with Crippen molar-refractivity contribution in [3.63, 3.8) is 0 Å². The van der Waals surface area contributed by atoms with Crippen LogP contribution in [0.2, 0.25) is 0 Å². The summed E-state index contributed by atoms with van der Waals surface area (Å²) in [5.74, 6) is -0.957. The largest absolute Gasteiger partial charge is 0.461 e. The Hall–Kier alpha value is -1.42. The Balaban J connectivity index is 2.11. The second kappa shape index (κ2) is 4.04. The van der Waals surface area contributed by atoms with Crippen LogP contribution in [0.5, 0.6) is 0 Å². The molecule has 0 spiro atoms. The Morgan fingerprint density at radius 2 is 2.00 bits per heavy atom. The van der Waals surface area contributed by atoms with Crippen LogP contribution >= 0.6 is 0 Å². The fraction of sp³-hybridized carbons (Fsp3) is 0.600. The molecule has 4 heteroatoms. The van der Waals surface area contributed by atoms with Gasteiger partial charge in [0.1, 0.15) is 6.10 Å². The molecule has 0 saturated carbocycles. The molecule has 102 valence electrons. The molecule has 5 atom stereocenters. The fourth-order valence-corrected chi connectivity index (χ4v) is 3.82. The standard InChI is InChI=1S/C15H18O4/c1-6-4-10(17)13-8(3)15(18)19-14(13)12-7(2)5-9(16)11(6)12/h5,8,10,12-14,17H,4H2,1-3H3/t8-,10-,12+,13-,14+/m0/s1. The molecule has 1 aliphatic heterocycles. The molecule has 2 aliphatic carbocycles. The number of hydrogen-bond acceptors (Lipinski definition) is 4. The van der Waals surface area contributed by atoms with Gasteiger partial charge in [-0.2, -0.15) is 0 Å². The molecule has 0 aromatic carbocycles. The highest BCUT2D eigenvalue weighted by molar-refractivity contribution is 6.09. The first-order chi connectivity index (χ1) is 8.91. The first kappa shape index (κ1) is 12.6. The van der Waals surface area contributed by atoms with E-state index in [4.69, 9.17) is 4.74 Å². The number of carbonyl (C=O) groups is 2. The summed E-state index contributed by atoms with van der Waals surface area (Å²) in [6.45, 7) is 5.59. The van der Waals surface area contributed by atoms with Crippen LogP contribution in [0.15, 0.2) is 22.8 Å². The SMILES string of the molecule is CC1=CC(=O)C2=C(C)C[C@H](O)[C@H]3[C@H](OC(=O)[C@H]3C)[C@H]12. The van der Waals surface area contributed by atoms with Gasteiger partial charge in [-0.1, -0.05) is 18.1 Å². The molecule has 0 aromatic heterocycles. The van der Waals surface area contributed by atoms with Gasteiger partial charge >= 0.3 is 5.97 Å². The van der Waals surface area contributed by atoms with Gasteiger partial charge in [-0.3, -0.25) is 9.59 Å². The number of carbonyl (C=O) groups excluding carboxylic acids is 2. The van der Waals surface area contributed by atoms with Crippen LogP contribution < -0.4 is 0 Å². The van der Waals surface area contributed by atoms with Gasteiger partial charge in [0, 0.05) is 17.4 Å². The van der Waals surface area contributed by atoms with Crippen molar-refractivity contribution in [1.82, 2.24) is 0 Å². The van der Waals surface area contributed by atoms with E-state index in [1.807, 2.05) is 13.8 Å². The lowest BCUT2D eigenvalue weighted by Gasteiger charge is -2.26.